The van der Waals surface area contributed by atoms with Crippen LogP contribution in [0.15, 0.2) is 53.1 Å². The Morgan fingerprint density at radius 2 is 1.89 bits per heavy atom. The first-order valence-electron chi connectivity index (χ1n) is 5.72. The van der Waals surface area contributed by atoms with Crippen LogP contribution in [0.2, 0.25) is 0 Å². The van der Waals surface area contributed by atoms with Crippen LogP contribution in [0.1, 0.15) is 15.9 Å². The van der Waals surface area contributed by atoms with E-state index in [1.165, 1.54) is 12.1 Å². The topological polar surface area (TPSA) is 32.9 Å². The van der Waals surface area contributed by atoms with Crippen LogP contribution in [-0.4, -0.2) is 10.8 Å². The molecule has 0 bridgehead atoms. The van der Waals surface area contributed by atoms with Gasteiger partial charge in [0, 0.05) is 27.1 Å². The fourth-order valence-electron chi connectivity index (χ4n) is 2.08. The summed E-state index contributed by atoms with van der Waals surface area (Å²) < 4.78 is 14.6. The Labute approximate surface area is 117 Å². The smallest absolute Gasteiger partial charge is 0.198 e. The van der Waals surface area contributed by atoms with E-state index in [9.17, 15) is 9.18 Å². The molecule has 4 heteroatoms. The summed E-state index contributed by atoms with van der Waals surface area (Å²) in [5, 5.41) is 0.788. The lowest BCUT2D eigenvalue weighted by atomic mass is 10.0. The van der Waals surface area contributed by atoms with Crippen molar-refractivity contribution >= 4 is 32.6 Å². The molecule has 1 heterocycles. The van der Waals surface area contributed by atoms with E-state index in [0.29, 0.717) is 5.56 Å². The molecule has 0 fully saturated rings. The Balaban J connectivity index is 2.15. The second-order valence-corrected chi connectivity index (χ2v) is 5.12. The molecule has 0 aliphatic carbocycles. The Hall–Kier alpha value is -1.94. The molecule has 2 nitrogen and oxygen atoms in total. The third kappa shape index (κ3) is 2.08. The fraction of sp³-hybridized carbons (Fsp3) is 0. The molecule has 19 heavy (non-hydrogen) atoms. The van der Waals surface area contributed by atoms with Gasteiger partial charge in [0.25, 0.3) is 0 Å². The van der Waals surface area contributed by atoms with Crippen LogP contribution >= 0.6 is 15.9 Å². The number of halogens is 2. The minimum Gasteiger partial charge on any atom is -0.360 e. The highest BCUT2D eigenvalue weighted by atomic mass is 79.9. The molecule has 0 atom stereocenters. The molecule has 2 aromatic carbocycles. The summed E-state index contributed by atoms with van der Waals surface area (Å²) >= 11 is 3.37. The highest BCUT2D eigenvalue weighted by Gasteiger charge is 2.17. The molecule has 0 saturated heterocycles. The average molecular weight is 318 g/mol. The van der Waals surface area contributed by atoms with Gasteiger partial charge in [-0.1, -0.05) is 34.1 Å². The molecule has 0 radical (unpaired) electrons. The zero-order chi connectivity index (χ0) is 13.4. The molecule has 0 aliphatic rings. The van der Waals surface area contributed by atoms with Crippen molar-refractivity contribution in [3.8, 4) is 0 Å². The van der Waals surface area contributed by atoms with Gasteiger partial charge in [-0.2, -0.15) is 0 Å². The van der Waals surface area contributed by atoms with E-state index < -0.39 is 5.82 Å². The second-order valence-electron chi connectivity index (χ2n) is 4.20. The molecular formula is C15H9BrFNO. The van der Waals surface area contributed by atoms with Crippen molar-refractivity contribution in [1.29, 1.82) is 0 Å². The largest absolute Gasteiger partial charge is 0.360 e. The van der Waals surface area contributed by atoms with Crippen LogP contribution in [-0.2, 0) is 0 Å². The number of carbonyl (C=O) groups excluding carboxylic acids is 1. The van der Waals surface area contributed by atoms with Gasteiger partial charge in [0.05, 0.1) is 5.56 Å². The molecular weight excluding hydrogens is 309 g/mol. The lowest BCUT2D eigenvalue weighted by Gasteiger charge is -2.01. The predicted molar refractivity (Wildman–Crippen MR) is 75.8 cm³/mol. The monoisotopic (exact) mass is 317 g/mol. The van der Waals surface area contributed by atoms with Gasteiger partial charge in [-0.05, 0) is 24.3 Å². The lowest BCUT2D eigenvalue weighted by Crippen LogP contribution is -2.03. The number of H-pyrrole nitrogens is 1. The van der Waals surface area contributed by atoms with Crippen LogP contribution in [0.3, 0.4) is 0 Å². The molecule has 3 aromatic rings. The first kappa shape index (κ1) is 12.1. The Bertz CT molecular complexity index is 779. The normalized spacial score (nSPS) is 10.8. The van der Waals surface area contributed by atoms with E-state index in [0.717, 1.165) is 15.4 Å². The maximum Gasteiger partial charge on any atom is 0.198 e. The SMILES string of the molecule is O=C(c1ccccc1F)c1c[nH]c2cc(Br)ccc12. The summed E-state index contributed by atoms with van der Waals surface area (Å²) in [6, 6.07) is 11.6. The Morgan fingerprint density at radius 3 is 2.68 bits per heavy atom. The van der Waals surface area contributed by atoms with Crippen molar-refractivity contribution in [2.24, 2.45) is 0 Å². The van der Waals surface area contributed by atoms with E-state index in [-0.39, 0.29) is 11.3 Å². The molecule has 3 rings (SSSR count). The average Bonchev–Trinajstić information content (AvgIpc) is 2.81. The van der Waals surface area contributed by atoms with E-state index in [4.69, 9.17) is 0 Å². The summed E-state index contributed by atoms with van der Waals surface area (Å²) in [5.41, 5.74) is 1.41. The molecule has 0 saturated carbocycles. The van der Waals surface area contributed by atoms with E-state index in [2.05, 4.69) is 20.9 Å². The number of hydrogen-bond donors (Lipinski definition) is 1. The summed E-state index contributed by atoms with van der Waals surface area (Å²) in [5.74, 6) is -0.814. The number of aromatic nitrogens is 1. The van der Waals surface area contributed by atoms with Crippen molar-refractivity contribution < 1.29 is 9.18 Å². The number of nitrogens with one attached hydrogen (secondary N) is 1. The molecule has 0 aliphatic heterocycles. The minimum absolute atomic E-state index is 0.0892. The van der Waals surface area contributed by atoms with Crippen LogP contribution in [0, 0.1) is 5.82 Å². The van der Waals surface area contributed by atoms with Crippen LogP contribution in [0.5, 0.6) is 0 Å². The van der Waals surface area contributed by atoms with Gasteiger partial charge in [-0.25, -0.2) is 4.39 Å². The first-order valence-corrected chi connectivity index (χ1v) is 6.52. The lowest BCUT2D eigenvalue weighted by molar-refractivity contribution is 0.103. The second kappa shape index (κ2) is 4.63. The third-order valence-corrected chi connectivity index (χ3v) is 3.50. The van der Waals surface area contributed by atoms with Crippen LogP contribution in [0.4, 0.5) is 4.39 Å². The highest BCUT2D eigenvalue weighted by molar-refractivity contribution is 9.10. The van der Waals surface area contributed by atoms with E-state index in [1.54, 1.807) is 18.3 Å². The first-order chi connectivity index (χ1) is 9.16. The van der Waals surface area contributed by atoms with Crippen molar-refractivity contribution in [1.82, 2.24) is 4.98 Å². The number of hydrogen-bond acceptors (Lipinski definition) is 1. The number of benzene rings is 2. The predicted octanol–water partition coefficient (Wildman–Crippen LogP) is 4.30. The van der Waals surface area contributed by atoms with Crippen molar-refractivity contribution in [3.63, 3.8) is 0 Å². The Kier molecular flexibility index (Phi) is 2.95. The molecule has 0 amide bonds. The van der Waals surface area contributed by atoms with Gasteiger partial charge in [-0.3, -0.25) is 4.79 Å². The summed E-state index contributed by atoms with van der Waals surface area (Å²) in [7, 11) is 0. The molecule has 1 aromatic heterocycles. The van der Waals surface area contributed by atoms with Crippen LogP contribution < -0.4 is 0 Å². The number of rotatable bonds is 2. The van der Waals surface area contributed by atoms with Crippen molar-refractivity contribution in [2.45, 2.75) is 0 Å². The summed E-state index contributed by atoms with van der Waals surface area (Å²) in [6.07, 6.45) is 1.62. The van der Waals surface area contributed by atoms with Gasteiger partial charge in [-0.15, -0.1) is 0 Å². The van der Waals surface area contributed by atoms with E-state index in [1.807, 2.05) is 18.2 Å². The molecule has 0 spiro atoms. The van der Waals surface area contributed by atoms with Gasteiger partial charge in [0.15, 0.2) is 5.78 Å². The molecule has 94 valence electrons. The standard InChI is InChI=1S/C15H9BrFNO/c16-9-5-6-10-12(8-18-14(10)7-9)15(19)11-3-1-2-4-13(11)17/h1-8,18H. The van der Waals surface area contributed by atoms with E-state index >= 15 is 0 Å². The van der Waals surface area contributed by atoms with Crippen molar-refractivity contribution in [2.75, 3.05) is 0 Å². The number of aromatic amines is 1. The van der Waals surface area contributed by atoms with Gasteiger partial charge < -0.3 is 4.98 Å². The number of carbonyl (C=O) groups is 1. The minimum atomic E-state index is -0.501. The van der Waals surface area contributed by atoms with Crippen molar-refractivity contribution in [3.05, 3.63) is 70.1 Å². The Morgan fingerprint density at radius 1 is 1.11 bits per heavy atom. The van der Waals surface area contributed by atoms with Gasteiger partial charge in [0.2, 0.25) is 0 Å². The maximum absolute atomic E-state index is 13.7. The third-order valence-electron chi connectivity index (χ3n) is 3.01. The van der Waals surface area contributed by atoms with Gasteiger partial charge >= 0.3 is 0 Å². The van der Waals surface area contributed by atoms with Crippen LogP contribution in [0.25, 0.3) is 10.9 Å². The summed E-state index contributed by atoms with van der Waals surface area (Å²) in [6.45, 7) is 0. The highest BCUT2D eigenvalue weighted by Crippen LogP contribution is 2.24. The summed E-state index contributed by atoms with van der Waals surface area (Å²) in [4.78, 5) is 15.4. The fourth-order valence-corrected chi connectivity index (χ4v) is 2.44. The molecule has 0 unspecified atom stereocenters. The zero-order valence-electron chi connectivity index (χ0n) is 9.78. The maximum atomic E-state index is 13.7. The number of ketones is 1. The quantitative estimate of drug-likeness (QED) is 0.702. The zero-order valence-corrected chi connectivity index (χ0v) is 11.4. The molecule has 1 N–H and O–H groups in total. The van der Waals surface area contributed by atoms with Gasteiger partial charge in [0.1, 0.15) is 5.82 Å². The number of fused-ring (bicyclic) bond motifs is 1.